The first kappa shape index (κ1) is 12.2. The van der Waals surface area contributed by atoms with E-state index in [9.17, 15) is 9.18 Å². The van der Waals surface area contributed by atoms with Gasteiger partial charge in [0, 0.05) is 19.2 Å². The summed E-state index contributed by atoms with van der Waals surface area (Å²) in [6.07, 6.45) is 1.31. The highest BCUT2D eigenvalue weighted by Crippen LogP contribution is 2.21. The van der Waals surface area contributed by atoms with Crippen LogP contribution < -0.4 is 4.90 Å². The summed E-state index contributed by atoms with van der Waals surface area (Å²) in [6.45, 7) is 0.263. The molecule has 5 heteroatoms. The van der Waals surface area contributed by atoms with E-state index in [1.165, 1.54) is 12.3 Å². The molecule has 0 aliphatic carbocycles. The predicted molar refractivity (Wildman–Crippen MR) is 64.2 cm³/mol. The largest absolute Gasteiger partial charge is 0.475 e. The third kappa shape index (κ3) is 2.34. The fourth-order valence-electron chi connectivity index (χ4n) is 1.75. The Labute approximate surface area is 103 Å². The number of carboxylic acid groups (broad SMARTS) is 1. The zero-order chi connectivity index (χ0) is 13.1. The molecule has 0 radical (unpaired) electrons. The molecule has 94 valence electrons. The van der Waals surface area contributed by atoms with Crippen molar-refractivity contribution in [3.05, 3.63) is 53.7 Å². The molecule has 0 fully saturated rings. The Morgan fingerprint density at radius 3 is 2.78 bits per heavy atom. The van der Waals surface area contributed by atoms with Crippen molar-refractivity contribution in [2.45, 2.75) is 6.54 Å². The number of aromatic carboxylic acids is 1. The molecule has 0 aliphatic heterocycles. The van der Waals surface area contributed by atoms with Crippen LogP contribution in [0.2, 0.25) is 0 Å². The van der Waals surface area contributed by atoms with E-state index in [1.54, 1.807) is 36.2 Å². The number of halogens is 1. The van der Waals surface area contributed by atoms with Gasteiger partial charge in [-0.05, 0) is 18.2 Å². The third-order valence-corrected chi connectivity index (χ3v) is 2.61. The van der Waals surface area contributed by atoms with E-state index in [0.717, 1.165) is 0 Å². The number of benzene rings is 1. The fourth-order valence-corrected chi connectivity index (χ4v) is 1.75. The molecule has 1 heterocycles. The van der Waals surface area contributed by atoms with E-state index in [1.807, 2.05) is 0 Å². The molecule has 1 N–H and O–H groups in total. The summed E-state index contributed by atoms with van der Waals surface area (Å²) >= 11 is 0. The van der Waals surface area contributed by atoms with Crippen LogP contribution in [-0.4, -0.2) is 18.1 Å². The standard InChI is InChI=1S/C13H12FNO3/c1-15(11-5-3-2-4-10(11)14)8-9-6-7-18-12(9)13(16)17/h2-7H,8H2,1H3,(H,16,17). The van der Waals surface area contributed by atoms with E-state index in [0.29, 0.717) is 11.3 Å². The average molecular weight is 249 g/mol. The lowest BCUT2D eigenvalue weighted by atomic mass is 10.2. The Bertz CT molecular complexity index is 565. The monoisotopic (exact) mass is 249 g/mol. The second-order valence-electron chi connectivity index (χ2n) is 3.89. The van der Waals surface area contributed by atoms with Crippen molar-refractivity contribution in [3.8, 4) is 0 Å². The second kappa shape index (κ2) is 4.91. The Balaban J connectivity index is 2.22. The summed E-state index contributed by atoms with van der Waals surface area (Å²) in [6, 6.07) is 7.89. The third-order valence-electron chi connectivity index (χ3n) is 2.61. The number of anilines is 1. The van der Waals surface area contributed by atoms with Gasteiger partial charge in [0.1, 0.15) is 5.82 Å². The van der Waals surface area contributed by atoms with E-state index < -0.39 is 5.97 Å². The van der Waals surface area contributed by atoms with Crippen LogP contribution in [0.5, 0.6) is 0 Å². The molecule has 0 amide bonds. The van der Waals surface area contributed by atoms with Gasteiger partial charge in [0.05, 0.1) is 12.0 Å². The smallest absolute Gasteiger partial charge is 0.372 e. The fraction of sp³-hybridized carbons (Fsp3) is 0.154. The molecule has 18 heavy (non-hydrogen) atoms. The minimum Gasteiger partial charge on any atom is -0.475 e. The normalized spacial score (nSPS) is 10.3. The maximum atomic E-state index is 13.5. The first-order chi connectivity index (χ1) is 8.59. The zero-order valence-electron chi connectivity index (χ0n) is 9.76. The van der Waals surface area contributed by atoms with Gasteiger partial charge in [-0.3, -0.25) is 0 Å². The van der Waals surface area contributed by atoms with Crippen molar-refractivity contribution in [3.63, 3.8) is 0 Å². The second-order valence-corrected chi connectivity index (χ2v) is 3.89. The molecule has 2 rings (SSSR count). The molecule has 2 aromatic rings. The van der Waals surface area contributed by atoms with E-state index in [2.05, 4.69) is 0 Å². The molecule has 0 saturated heterocycles. The number of para-hydroxylation sites is 1. The van der Waals surface area contributed by atoms with E-state index in [4.69, 9.17) is 9.52 Å². The van der Waals surface area contributed by atoms with E-state index >= 15 is 0 Å². The van der Waals surface area contributed by atoms with E-state index in [-0.39, 0.29) is 18.1 Å². The maximum absolute atomic E-state index is 13.5. The summed E-state index contributed by atoms with van der Waals surface area (Å²) in [4.78, 5) is 12.5. The highest BCUT2D eigenvalue weighted by Gasteiger charge is 2.16. The molecule has 0 aliphatic rings. The Morgan fingerprint density at radius 1 is 1.39 bits per heavy atom. The van der Waals surface area contributed by atoms with Gasteiger partial charge >= 0.3 is 5.97 Å². The van der Waals surface area contributed by atoms with Crippen molar-refractivity contribution in [2.75, 3.05) is 11.9 Å². The average Bonchev–Trinajstić information content (AvgIpc) is 2.77. The lowest BCUT2D eigenvalue weighted by Gasteiger charge is -2.19. The highest BCUT2D eigenvalue weighted by atomic mass is 19.1. The van der Waals surface area contributed by atoms with Gasteiger partial charge in [-0.2, -0.15) is 0 Å². The van der Waals surface area contributed by atoms with Gasteiger partial charge < -0.3 is 14.4 Å². The Morgan fingerprint density at radius 2 is 2.11 bits per heavy atom. The molecule has 0 spiro atoms. The molecule has 0 saturated carbocycles. The predicted octanol–water partition coefficient (Wildman–Crippen LogP) is 2.75. The molecule has 0 atom stereocenters. The molecular weight excluding hydrogens is 237 g/mol. The quantitative estimate of drug-likeness (QED) is 0.905. The minimum atomic E-state index is -1.13. The summed E-state index contributed by atoms with van der Waals surface area (Å²) in [5, 5.41) is 8.91. The van der Waals surface area contributed by atoms with Crippen LogP contribution in [-0.2, 0) is 6.54 Å². The van der Waals surface area contributed by atoms with Crippen LogP contribution in [0.1, 0.15) is 16.1 Å². The van der Waals surface area contributed by atoms with Gasteiger partial charge in [0.15, 0.2) is 0 Å². The van der Waals surface area contributed by atoms with Crippen LogP contribution >= 0.6 is 0 Å². The first-order valence-electron chi connectivity index (χ1n) is 5.35. The number of carboxylic acids is 1. The first-order valence-corrected chi connectivity index (χ1v) is 5.35. The van der Waals surface area contributed by atoms with Crippen molar-refractivity contribution >= 4 is 11.7 Å². The minimum absolute atomic E-state index is 0.113. The molecule has 1 aromatic heterocycles. The van der Waals surface area contributed by atoms with Crippen LogP contribution in [0.15, 0.2) is 41.0 Å². The van der Waals surface area contributed by atoms with Crippen molar-refractivity contribution in [2.24, 2.45) is 0 Å². The number of hydrogen-bond donors (Lipinski definition) is 1. The molecule has 0 bridgehead atoms. The summed E-state index contributed by atoms with van der Waals surface area (Å²) in [7, 11) is 1.69. The lowest BCUT2D eigenvalue weighted by Crippen LogP contribution is -2.18. The van der Waals surface area contributed by atoms with Gasteiger partial charge in [-0.1, -0.05) is 12.1 Å². The van der Waals surface area contributed by atoms with Crippen LogP contribution in [0.4, 0.5) is 10.1 Å². The lowest BCUT2D eigenvalue weighted by molar-refractivity contribution is 0.0661. The van der Waals surface area contributed by atoms with Crippen LogP contribution in [0.25, 0.3) is 0 Å². The Hall–Kier alpha value is -2.30. The highest BCUT2D eigenvalue weighted by molar-refractivity contribution is 5.86. The topological polar surface area (TPSA) is 53.7 Å². The molecule has 1 aromatic carbocycles. The molecule has 4 nitrogen and oxygen atoms in total. The summed E-state index contributed by atoms with van der Waals surface area (Å²) in [5.41, 5.74) is 0.920. The summed E-state index contributed by atoms with van der Waals surface area (Å²) < 4.78 is 18.4. The van der Waals surface area contributed by atoms with Crippen molar-refractivity contribution in [1.82, 2.24) is 0 Å². The zero-order valence-corrected chi connectivity index (χ0v) is 9.76. The summed E-state index contributed by atoms with van der Waals surface area (Å²) in [5.74, 6) is -1.59. The number of furan rings is 1. The van der Waals surface area contributed by atoms with Crippen molar-refractivity contribution < 1.29 is 18.7 Å². The van der Waals surface area contributed by atoms with Crippen LogP contribution in [0.3, 0.4) is 0 Å². The van der Waals surface area contributed by atoms with Gasteiger partial charge in [-0.15, -0.1) is 0 Å². The van der Waals surface area contributed by atoms with Crippen molar-refractivity contribution in [1.29, 1.82) is 0 Å². The number of nitrogens with zero attached hydrogens (tertiary/aromatic N) is 1. The molecular formula is C13H12FNO3. The van der Waals surface area contributed by atoms with Gasteiger partial charge in [-0.25, -0.2) is 9.18 Å². The Kier molecular flexibility index (Phi) is 3.32. The maximum Gasteiger partial charge on any atom is 0.372 e. The SMILES string of the molecule is CN(Cc1ccoc1C(=O)O)c1ccccc1F. The number of hydrogen-bond acceptors (Lipinski definition) is 3. The number of carbonyl (C=O) groups is 1. The number of rotatable bonds is 4. The van der Waals surface area contributed by atoms with Gasteiger partial charge in [0.25, 0.3) is 0 Å². The van der Waals surface area contributed by atoms with Crippen LogP contribution in [0, 0.1) is 5.82 Å². The van der Waals surface area contributed by atoms with Gasteiger partial charge in [0.2, 0.25) is 5.76 Å². The molecule has 0 unspecified atom stereocenters.